The molecule has 25 heavy (non-hydrogen) atoms. The molecule has 2 bridgehead atoms. The quantitative estimate of drug-likeness (QED) is 0.427. The Morgan fingerprint density at radius 2 is 2.08 bits per heavy atom. The molecule has 4 rings (SSSR count). The number of hydrogen-bond donors (Lipinski definition) is 1. The number of fused-ring (bicyclic) bond motifs is 5. The minimum absolute atomic E-state index is 0. The van der Waals surface area contributed by atoms with Gasteiger partial charge < -0.3 is 19.7 Å². The fourth-order valence-electron chi connectivity index (χ4n) is 4.45. The number of guanidine groups is 1. The molecule has 1 N–H and O–H groups in total. The van der Waals surface area contributed by atoms with E-state index < -0.39 is 0 Å². The van der Waals surface area contributed by atoms with Crippen LogP contribution in [0, 0.1) is 11.8 Å². The number of pyridine rings is 1. The summed E-state index contributed by atoms with van der Waals surface area (Å²) in [5.74, 6) is 3.01. The van der Waals surface area contributed by atoms with Crippen LogP contribution in [0.1, 0.15) is 25.3 Å². The van der Waals surface area contributed by atoms with E-state index >= 15 is 0 Å². The molecule has 1 aromatic heterocycles. The third-order valence-electron chi connectivity index (χ3n) is 5.53. The van der Waals surface area contributed by atoms with Crippen molar-refractivity contribution in [2.45, 2.75) is 38.5 Å². The Balaban J connectivity index is 0.00000182. The number of hydrogen-bond acceptors (Lipinski definition) is 4. The minimum Gasteiger partial charge on any atom is -0.481 e. The summed E-state index contributed by atoms with van der Waals surface area (Å²) in [7, 11) is 1.65. The molecule has 3 saturated heterocycles. The average Bonchev–Trinajstić information content (AvgIpc) is 3.31. The molecule has 4 unspecified atom stereocenters. The Labute approximate surface area is 166 Å². The Hall–Kier alpha value is -1.09. The van der Waals surface area contributed by atoms with E-state index in [0.29, 0.717) is 36.5 Å². The zero-order chi connectivity index (χ0) is 16.5. The summed E-state index contributed by atoms with van der Waals surface area (Å²) in [5, 5.41) is 3.45. The van der Waals surface area contributed by atoms with Gasteiger partial charge >= 0.3 is 0 Å². The molecule has 0 saturated carbocycles. The van der Waals surface area contributed by atoms with E-state index in [1.807, 2.05) is 12.1 Å². The zero-order valence-electron chi connectivity index (χ0n) is 14.9. The van der Waals surface area contributed by atoms with Crippen LogP contribution in [0.5, 0.6) is 5.88 Å². The van der Waals surface area contributed by atoms with E-state index in [-0.39, 0.29) is 24.0 Å². The third-order valence-corrected chi connectivity index (χ3v) is 5.53. The molecule has 3 fully saturated rings. The fourth-order valence-corrected chi connectivity index (χ4v) is 4.45. The Bertz CT molecular complexity index is 609. The second kappa shape index (κ2) is 8.07. The Morgan fingerprint density at radius 3 is 2.72 bits per heavy atom. The lowest BCUT2D eigenvalue weighted by Crippen LogP contribution is -2.41. The number of halogens is 1. The first-order valence-corrected chi connectivity index (χ1v) is 8.96. The predicted octanol–water partition coefficient (Wildman–Crippen LogP) is 2.28. The van der Waals surface area contributed by atoms with Crippen molar-refractivity contribution in [3.8, 4) is 5.88 Å². The van der Waals surface area contributed by atoms with Gasteiger partial charge in [0.05, 0.1) is 25.9 Å². The Morgan fingerprint density at radius 1 is 1.36 bits per heavy atom. The number of ether oxygens (including phenoxy) is 2. The van der Waals surface area contributed by atoms with Crippen molar-refractivity contribution in [3.05, 3.63) is 23.9 Å². The van der Waals surface area contributed by atoms with Gasteiger partial charge in [0.2, 0.25) is 5.88 Å². The van der Waals surface area contributed by atoms with Crippen molar-refractivity contribution in [1.29, 1.82) is 0 Å². The predicted molar refractivity (Wildman–Crippen MR) is 107 cm³/mol. The molecule has 0 amide bonds. The van der Waals surface area contributed by atoms with Crippen molar-refractivity contribution in [3.63, 3.8) is 0 Å². The first-order chi connectivity index (χ1) is 11.8. The number of rotatable bonds is 4. The van der Waals surface area contributed by atoms with Gasteiger partial charge in [0, 0.05) is 43.2 Å². The number of methoxy groups -OCH3 is 1. The summed E-state index contributed by atoms with van der Waals surface area (Å²) in [6.07, 6.45) is 5.17. The van der Waals surface area contributed by atoms with Gasteiger partial charge in [-0.25, -0.2) is 9.98 Å². The van der Waals surface area contributed by atoms with Gasteiger partial charge in [0.15, 0.2) is 5.96 Å². The lowest BCUT2D eigenvalue weighted by atomic mass is 9.82. The SMILES string of the molecule is CCNC(=NCc1cccnc1OC)N1CC2C3CCC(O3)C2C1.I. The highest BCUT2D eigenvalue weighted by Gasteiger charge is 2.53. The molecular weight excluding hydrogens is 431 g/mol. The maximum atomic E-state index is 6.08. The highest BCUT2D eigenvalue weighted by atomic mass is 127. The second-order valence-corrected chi connectivity index (χ2v) is 6.86. The molecular formula is C18H27IN4O2. The molecule has 0 aliphatic carbocycles. The summed E-state index contributed by atoms with van der Waals surface area (Å²) in [6, 6.07) is 3.95. The minimum atomic E-state index is 0. The third kappa shape index (κ3) is 3.58. The maximum Gasteiger partial charge on any atom is 0.218 e. The normalized spacial score (nSPS) is 30.2. The first-order valence-electron chi connectivity index (χ1n) is 8.96. The number of nitrogens with one attached hydrogen (secondary N) is 1. The highest BCUT2D eigenvalue weighted by molar-refractivity contribution is 14.0. The molecule has 0 aromatic carbocycles. The van der Waals surface area contributed by atoms with Crippen molar-refractivity contribution < 1.29 is 9.47 Å². The van der Waals surface area contributed by atoms with Crippen LogP contribution < -0.4 is 10.1 Å². The maximum absolute atomic E-state index is 6.08. The molecule has 3 aliphatic heterocycles. The van der Waals surface area contributed by atoms with Gasteiger partial charge in [0.1, 0.15) is 0 Å². The van der Waals surface area contributed by atoms with Gasteiger partial charge in [0.25, 0.3) is 0 Å². The average molecular weight is 458 g/mol. The van der Waals surface area contributed by atoms with Gasteiger partial charge in [-0.2, -0.15) is 0 Å². The summed E-state index contributed by atoms with van der Waals surface area (Å²) < 4.78 is 11.4. The van der Waals surface area contributed by atoms with Crippen LogP contribution in [0.25, 0.3) is 0 Å². The van der Waals surface area contributed by atoms with Crippen LogP contribution in [-0.4, -0.2) is 54.8 Å². The van der Waals surface area contributed by atoms with Crippen LogP contribution in [0.4, 0.5) is 0 Å². The van der Waals surface area contributed by atoms with E-state index in [4.69, 9.17) is 14.5 Å². The van der Waals surface area contributed by atoms with E-state index in [9.17, 15) is 0 Å². The van der Waals surface area contributed by atoms with E-state index in [1.54, 1.807) is 13.3 Å². The highest BCUT2D eigenvalue weighted by Crippen LogP contribution is 2.47. The Kier molecular flexibility index (Phi) is 6.04. The smallest absolute Gasteiger partial charge is 0.218 e. The number of aromatic nitrogens is 1. The first kappa shape index (κ1) is 18.7. The van der Waals surface area contributed by atoms with Gasteiger partial charge in [-0.05, 0) is 25.8 Å². The van der Waals surface area contributed by atoms with Crippen molar-refractivity contribution in [2.24, 2.45) is 16.8 Å². The molecule has 4 heterocycles. The topological polar surface area (TPSA) is 59.0 Å². The van der Waals surface area contributed by atoms with Crippen LogP contribution in [0.15, 0.2) is 23.3 Å². The monoisotopic (exact) mass is 458 g/mol. The summed E-state index contributed by atoms with van der Waals surface area (Å²) in [5.41, 5.74) is 1.01. The van der Waals surface area contributed by atoms with Crippen molar-refractivity contribution >= 4 is 29.9 Å². The zero-order valence-corrected chi connectivity index (χ0v) is 17.2. The molecule has 1 aromatic rings. The van der Waals surface area contributed by atoms with E-state index in [1.165, 1.54) is 12.8 Å². The summed E-state index contributed by atoms with van der Waals surface area (Å²) in [4.78, 5) is 11.5. The summed E-state index contributed by atoms with van der Waals surface area (Å²) in [6.45, 7) is 5.68. The van der Waals surface area contributed by atoms with Gasteiger partial charge in [-0.1, -0.05) is 6.07 Å². The molecule has 4 atom stereocenters. The lowest BCUT2D eigenvalue weighted by Gasteiger charge is -2.23. The van der Waals surface area contributed by atoms with Crippen molar-refractivity contribution in [1.82, 2.24) is 15.2 Å². The fraction of sp³-hybridized carbons (Fsp3) is 0.667. The van der Waals surface area contributed by atoms with Crippen molar-refractivity contribution in [2.75, 3.05) is 26.7 Å². The second-order valence-electron chi connectivity index (χ2n) is 6.86. The van der Waals surface area contributed by atoms with Crippen LogP contribution in [0.3, 0.4) is 0 Å². The van der Waals surface area contributed by atoms with Crippen LogP contribution in [0.2, 0.25) is 0 Å². The molecule has 7 heteroatoms. The number of likely N-dealkylation sites (tertiary alicyclic amines) is 1. The molecule has 0 spiro atoms. The molecule has 3 aliphatic rings. The number of nitrogens with zero attached hydrogens (tertiary/aromatic N) is 3. The summed E-state index contributed by atoms with van der Waals surface area (Å²) >= 11 is 0. The molecule has 138 valence electrons. The van der Waals surface area contributed by atoms with Crippen LogP contribution in [-0.2, 0) is 11.3 Å². The van der Waals surface area contributed by atoms with E-state index in [0.717, 1.165) is 31.2 Å². The van der Waals surface area contributed by atoms with Gasteiger partial charge in [-0.15, -0.1) is 24.0 Å². The van der Waals surface area contributed by atoms with Crippen LogP contribution >= 0.6 is 24.0 Å². The molecule has 6 nitrogen and oxygen atoms in total. The molecule has 0 radical (unpaired) electrons. The standard InChI is InChI=1S/C18H26N4O2.HI/c1-3-19-18(21-9-12-5-4-8-20-17(12)23-2)22-10-13-14(11-22)16-7-6-15(13)24-16;/h4-5,8,13-16H,3,6-7,9-11H2,1-2H3,(H,19,21);1H. The van der Waals surface area contributed by atoms with Gasteiger partial charge in [-0.3, -0.25) is 0 Å². The lowest BCUT2D eigenvalue weighted by molar-refractivity contribution is 0.0767. The van der Waals surface area contributed by atoms with E-state index in [2.05, 4.69) is 22.1 Å². The number of aliphatic imine (C=N–C) groups is 1. The largest absolute Gasteiger partial charge is 0.481 e.